The SMILES string of the molecule is CC(C)Oc1ccc2c(c1)CCc1c-2c2c(c3c1[nH]c1ccc(Br)cc13)CNC2=O. The van der Waals surface area contributed by atoms with E-state index in [1.54, 1.807) is 0 Å². The fraction of sp³-hybridized carbons (Fsp3) is 0.240. The Hall–Kier alpha value is -2.79. The minimum absolute atomic E-state index is 0.0304. The molecule has 0 unspecified atom stereocenters. The number of aromatic nitrogens is 1. The Kier molecular flexibility index (Phi) is 3.81. The highest BCUT2D eigenvalue weighted by molar-refractivity contribution is 9.10. The van der Waals surface area contributed by atoms with Crippen molar-refractivity contribution in [3.8, 4) is 16.9 Å². The summed E-state index contributed by atoms with van der Waals surface area (Å²) in [6.45, 7) is 4.65. The van der Waals surface area contributed by atoms with E-state index in [-0.39, 0.29) is 12.0 Å². The van der Waals surface area contributed by atoms with Gasteiger partial charge in [0, 0.05) is 32.9 Å². The van der Waals surface area contributed by atoms with Gasteiger partial charge in [-0.3, -0.25) is 4.79 Å². The second-order valence-electron chi connectivity index (χ2n) is 8.44. The van der Waals surface area contributed by atoms with E-state index in [4.69, 9.17) is 4.74 Å². The number of hydrogen-bond donors (Lipinski definition) is 2. The van der Waals surface area contributed by atoms with Crippen LogP contribution in [0.15, 0.2) is 40.9 Å². The molecule has 30 heavy (non-hydrogen) atoms. The first-order valence-corrected chi connectivity index (χ1v) is 11.2. The van der Waals surface area contributed by atoms with Gasteiger partial charge in [-0.1, -0.05) is 22.0 Å². The summed E-state index contributed by atoms with van der Waals surface area (Å²) < 4.78 is 6.96. The smallest absolute Gasteiger partial charge is 0.252 e. The Labute approximate surface area is 182 Å². The van der Waals surface area contributed by atoms with Crippen molar-refractivity contribution in [2.24, 2.45) is 0 Å². The lowest BCUT2D eigenvalue weighted by Crippen LogP contribution is -2.15. The fourth-order valence-electron chi connectivity index (χ4n) is 5.11. The molecule has 0 spiro atoms. The topological polar surface area (TPSA) is 54.1 Å². The van der Waals surface area contributed by atoms with E-state index in [1.807, 2.05) is 19.9 Å². The summed E-state index contributed by atoms with van der Waals surface area (Å²) in [7, 11) is 0. The molecule has 1 aliphatic heterocycles. The molecule has 0 atom stereocenters. The molecule has 1 aromatic heterocycles. The molecule has 0 saturated heterocycles. The Balaban J connectivity index is 1.69. The second-order valence-corrected chi connectivity index (χ2v) is 9.36. The highest BCUT2D eigenvalue weighted by Gasteiger charge is 2.33. The van der Waals surface area contributed by atoms with Gasteiger partial charge in [-0.2, -0.15) is 0 Å². The molecule has 2 N–H and O–H groups in total. The normalized spacial score (nSPS) is 14.7. The number of H-pyrrole nitrogens is 1. The summed E-state index contributed by atoms with van der Waals surface area (Å²) in [5, 5.41) is 5.43. The Morgan fingerprint density at radius 3 is 2.73 bits per heavy atom. The third-order valence-corrected chi connectivity index (χ3v) is 6.73. The van der Waals surface area contributed by atoms with Crippen molar-refractivity contribution in [3.63, 3.8) is 0 Å². The predicted octanol–water partition coefficient (Wildman–Crippen LogP) is 5.88. The Morgan fingerprint density at radius 2 is 1.90 bits per heavy atom. The number of halogens is 1. The highest BCUT2D eigenvalue weighted by atomic mass is 79.9. The molecule has 2 aliphatic rings. The molecular weight excluding hydrogens is 440 g/mol. The van der Waals surface area contributed by atoms with Crippen LogP contribution in [0.4, 0.5) is 0 Å². The molecule has 0 saturated carbocycles. The van der Waals surface area contributed by atoms with E-state index in [9.17, 15) is 4.79 Å². The van der Waals surface area contributed by atoms with Crippen LogP contribution in [0.1, 0.15) is 40.9 Å². The first-order chi connectivity index (χ1) is 14.5. The van der Waals surface area contributed by atoms with Crippen LogP contribution in [-0.2, 0) is 19.4 Å². The van der Waals surface area contributed by atoms with Crippen LogP contribution in [0.2, 0.25) is 0 Å². The van der Waals surface area contributed by atoms with Crippen molar-refractivity contribution in [1.29, 1.82) is 0 Å². The molecule has 2 heterocycles. The van der Waals surface area contributed by atoms with Crippen LogP contribution in [0.3, 0.4) is 0 Å². The average Bonchev–Trinajstić information content (AvgIpc) is 3.27. The van der Waals surface area contributed by atoms with Gasteiger partial charge in [0.15, 0.2) is 0 Å². The first kappa shape index (κ1) is 18.0. The molecule has 1 amide bonds. The first-order valence-electron chi connectivity index (χ1n) is 10.4. The van der Waals surface area contributed by atoms with Gasteiger partial charge in [-0.25, -0.2) is 0 Å². The zero-order valence-corrected chi connectivity index (χ0v) is 18.4. The number of amides is 1. The number of hydrogen-bond acceptors (Lipinski definition) is 2. The highest BCUT2D eigenvalue weighted by Crippen LogP contribution is 2.46. The van der Waals surface area contributed by atoms with Crippen LogP contribution < -0.4 is 10.1 Å². The lowest BCUT2D eigenvalue weighted by Gasteiger charge is -2.24. The van der Waals surface area contributed by atoms with Crippen molar-refractivity contribution < 1.29 is 9.53 Å². The van der Waals surface area contributed by atoms with Gasteiger partial charge >= 0.3 is 0 Å². The number of nitrogens with one attached hydrogen (secondary N) is 2. The Morgan fingerprint density at radius 1 is 1.03 bits per heavy atom. The number of aryl methyl sites for hydroxylation is 2. The molecule has 5 heteroatoms. The summed E-state index contributed by atoms with van der Waals surface area (Å²) in [5.74, 6) is 0.924. The Bertz CT molecular complexity index is 1380. The minimum Gasteiger partial charge on any atom is -0.491 e. The van der Waals surface area contributed by atoms with Crippen molar-refractivity contribution in [1.82, 2.24) is 10.3 Å². The van der Waals surface area contributed by atoms with Crippen molar-refractivity contribution in [2.75, 3.05) is 0 Å². The molecule has 0 radical (unpaired) electrons. The molecular formula is C25H21BrN2O2. The quantitative estimate of drug-likeness (QED) is 0.392. The number of rotatable bonds is 2. The van der Waals surface area contributed by atoms with E-state index in [0.717, 1.165) is 50.8 Å². The molecule has 0 fully saturated rings. The molecule has 150 valence electrons. The average molecular weight is 461 g/mol. The number of fused-ring (bicyclic) bond motifs is 10. The van der Waals surface area contributed by atoms with E-state index in [1.165, 1.54) is 27.4 Å². The zero-order chi connectivity index (χ0) is 20.6. The fourth-order valence-corrected chi connectivity index (χ4v) is 5.47. The summed E-state index contributed by atoms with van der Waals surface area (Å²) in [5.41, 5.74) is 8.97. The number of carbonyl (C=O) groups is 1. The van der Waals surface area contributed by atoms with Crippen molar-refractivity contribution in [2.45, 2.75) is 39.3 Å². The summed E-state index contributed by atoms with van der Waals surface area (Å²) >= 11 is 3.61. The maximum atomic E-state index is 13.0. The third-order valence-electron chi connectivity index (χ3n) is 6.23. The molecule has 3 aromatic carbocycles. The van der Waals surface area contributed by atoms with Gasteiger partial charge in [0.2, 0.25) is 0 Å². The van der Waals surface area contributed by atoms with Gasteiger partial charge in [-0.15, -0.1) is 0 Å². The van der Waals surface area contributed by atoms with Gasteiger partial charge in [0.1, 0.15) is 5.75 Å². The predicted molar refractivity (Wildman–Crippen MR) is 123 cm³/mol. The van der Waals surface area contributed by atoms with Crippen molar-refractivity contribution >= 4 is 43.6 Å². The van der Waals surface area contributed by atoms with Crippen LogP contribution in [0.25, 0.3) is 32.9 Å². The van der Waals surface area contributed by atoms with Gasteiger partial charge in [0.25, 0.3) is 5.91 Å². The lowest BCUT2D eigenvalue weighted by molar-refractivity contribution is 0.0966. The number of ether oxygens (including phenoxy) is 1. The monoisotopic (exact) mass is 460 g/mol. The largest absolute Gasteiger partial charge is 0.491 e. The minimum atomic E-state index is 0.0304. The maximum absolute atomic E-state index is 13.0. The number of aromatic amines is 1. The summed E-state index contributed by atoms with van der Waals surface area (Å²) in [4.78, 5) is 16.6. The number of benzene rings is 3. The maximum Gasteiger partial charge on any atom is 0.252 e. The van der Waals surface area contributed by atoms with E-state index in [0.29, 0.717) is 6.54 Å². The lowest BCUT2D eigenvalue weighted by atomic mass is 9.80. The molecule has 4 aromatic rings. The van der Waals surface area contributed by atoms with E-state index >= 15 is 0 Å². The van der Waals surface area contributed by atoms with Crippen LogP contribution in [-0.4, -0.2) is 17.0 Å². The summed E-state index contributed by atoms with van der Waals surface area (Å²) in [6.07, 6.45) is 1.98. The van der Waals surface area contributed by atoms with Gasteiger partial charge < -0.3 is 15.0 Å². The summed E-state index contributed by atoms with van der Waals surface area (Å²) in [6, 6.07) is 12.6. The molecule has 4 nitrogen and oxygen atoms in total. The van der Waals surface area contributed by atoms with Crippen LogP contribution in [0.5, 0.6) is 5.75 Å². The van der Waals surface area contributed by atoms with E-state index in [2.05, 4.69) is 56.6 Å². The van der Waals surface area contributed by atoms with E-state index < -0.39 is 0 Å². The van der Waals surface area contributed by atoms with Gasteiger partial charge in [-0.05, 0) is 79.3 Å². The third kappa shape index (κ3) is 2.48. The van der Waals surface area contributed by atoms with Crippen LogP contribution in [0, 0.1) is 0 Å². The van der Waals surface area contributed by atoms with Crippen LogP contribution >= 0.6 is 15.9 Å². The molecule has 6 rings (SSSR count). The van der Waals surface area contributed by atoms with Crippen molar-refractivity contribution in [3.05, 3.63) is 63.1 Å². The molecule has 0 bridgehead atoms. The molecule has 1 aliphatic carbocycles. The standard InChI is InChI=1S/C25H21BrN2O2/c1-12(2)30-15-5-7-16-13(9-15)3-6-17-21(16)23-19(11-27-25(23)29)22-18-10-14(26)4-8-20(18)28-24(17)22/h4-5,7-10,12,28H,3,6,11H2,1-2H3,(H,27,29). The zero-order valence-electron chi connectivity index (χ0n) is 16.9. The number of carbonyl (C=O) groups excluding carboxylic acids is 1. The van der Waals surface area contributed by atoms with Gasteiger partial charge in [0.05, 0.1) is 17.2 Å². The second kappa shape index (κ2) is 6.35.